The molecule has 0 spiro atoms. The molecule has 0 aliphatic heterocycles. The van der Waals surface area contributed by atoms with Crippen LogP contribution in [0.5, 0.6) is 0 Å². The number of pyridine rings is 1. The van der Waals surface area contributed by atoms with Gasteiger partial charge in [0.15, 0.2) is 22.8 Å². The fourth-order valence-corrected chi connectivity index (χ4v) is 5.62. The van der Waals surface area contributed by atoms with Crippen molar-refractivity contribution in [2.75, 3.05) is 0 Å². The number of aromatic nitrogens is 3. The fraction of sp³-hybridized carbons (Fsp3) is 0.512. The van der Waals surface area contributed by atoms with Crippen LogP contribution in [0.4, 0.5) is 0 Å². The van der Waals surface area contributed by atoms with Gasteiger partial charge in [-0.2, -0.15) is 0 Å². The van der Waals surface area contributed by atoms with E-state index in [9.17, 15) is 28.8 Å². The number of allylic oxidation sites excluding steroid dienone is 8. The normalized spacial score (nSPS) is 16.4. The summed E-state index contributed by atoms with van der Waals surface area (Å²) in [6, 6.07) is 1.56. The number of nitrogens with one attached hydrogen (secondary N) is 3. The molecule has 0 fully saturated rings. The van der Waals surface area contributed by atoms with Crippen molar-refractivity contribution in [3.8, 4) is 0 Å². The number of hydrogen-bond acceptors (Lipinski definition) is 6. The maximum atomic E-state index is 12.0. The monoisotopic (exact) mass is 687 g/mol. The largest absolute Gasteiger partial charge is 0.367 e. The molecule has 0 saturated carbocycles. The Bertz CT molecular complexity index is 1860. The van der Waals surface area contributed by atoms with Crippen LogP contribution in [0, 0.1) is 10.8 Å². The van der Waals surface area contributed by atoms with Gasteiger partial charge in [0.1, 0.15) is 0 Å². The van der Waals surface area contributed by atoms with Crippen molar-refractivity contribution in [3.63, 3.8) is 0 Å². The van der Waals surface area contributed by atoms with Crippen molar-refractivity contribution in [1.82, 2.24) is 15.0 Å². The topological polar surface area (TPSA) is 150 Å². The van der Waals surface area contributed by atoms with Gasteiger partial charge in [0.25, 0.3) is 5.56 Å². The molecule has 0 amide bonds. The molecule has 3 aliphatic carbocycles. The smallest absolute Gasteiger partial charge is 0.325 e. The van der Waals surface area contributed by atoms with Gasteiger partial charge in [-0.25, -0.2) is 4.79 Å². The summed E-state index contributed by atoms with van der Waals surface area (Å²) in [6.07, 6.45) is 16.0. The van der Waals surface area contributed by atoms with Crippen LogP contribution in [-0.4, -0.2) is 32.3 Å². The van der Waals surface area contributed by atoms with Crippen LogP contribution < -0.4 is 16.7 Å². The Morgan fingerprint density at radius 1 is 0.640 bits per heavy atom. The third kappa shape index (κ3) is 12.2. The zero-order valence-corrected chi connectivity index (χ0v) is 32.1. The second kappa shape index (κ2) is 16.5. The van der Waals surface area contributed by atoms with E-state index in [1.807, 2.05) is 86.6 Å². The first-order valence-corrected chi connectivity index (χ1v) is 17.2. The standard InChI is InChI=1S/C14H18O2.C10H14O.C9H13NO.C8H12N2O2/c1-14(2,3)11-8-10-9(7-13(11)16)5-4-6-12(10)15;1-10(2,3)8-6-4-5-7-9(8)11;1-9(2,3)7-6-10-5-4-8(7)11;1-8(2,3)5-4-9-7(12)10-6(5)11/h8H,4-7H2,1-3H3;4-6H,7H2,1-3H3;4-6H,1-3H3,(H,10,11);4H,1-3H3,(H2,9,10,11,12). The average molecular weight is 688 g/mol. The molecule has 3 aliphatic rings. The lowest BCUT2D eigenvalue weighted by molar-refractivity contribution is -0.117. The first kappa shape index (κ1) is 41.8. The molecular weight excluding hydrogens is 630 g/mol. The quantitative estimate of drug-likeness (QED) is 0.261. The van der Waals surface area contributed by atoms with Crippen molar-refractivity contribution in [1.29, 1.82) is 0 Å². The van der Waals surface area contributed by atoms with E-state index in [4.69, 9.17) is 0 Å². The maximum absolute atomic E-state index is 12.0. The van der Waals surface area contributed by atoms with Gasteiger partial charge in [-0.15, -0.1) is 0 Å². The van der Waals surface area contributed by atoms with Crippen LogP contribution in [0.2, 0.25) is 0 Å². The number of carbonyl (C=O) groups excluding carboxylic acids is 3. The van der Waals surface area contributed by atoms with Gasteiger partial charge >= 0.3 is 5.69 Å². The van der Waals surface area contributed by atoms with Crippen LogP contribution in [0.25, 0.3) is 0 Å². The average Bonchev–Trinajstić information content (AvgIpc) is 2.96. The summed E-state index contributed by atoms with van der Waals surface area (Å²) in [4.78, 5) is 75.7. The van der Waals surface area contributed by atoms with Gasteiger partial charge in [-0.3, -0.25) is 29.0 Å². The summed E-state index contributed by atoms with van der Waals surface area (Å²) >= 11 is 0. The van der Waals surface area contributed by atoms with Gasteiger partial charge in [-0.1, -0.05) is 107 Å². The molecule has 3 N–H and O–H groups in total. The number of carbonyl (C=O) groups is 3. The Morgan fingerprint density at radius 2 is 1.24 bits per heavy atom. The van der Waals surface area contributed by atoms with Gasteiger partial charge in [0.05, 0.1) is 0 Å². The molecule has 50 heavy (non-hydrogen) atoms. The van der Waals surface area contributed by atoms with E-state index in [-0.39, 0.29) is 50.0 Å². The number of aromatic amines is 3. The Hall–Kier alpha value is -4.40. The number of H-pyrrole nitrogens is 3. The Kier molecular flexibility index (Phi) is 13.8. The summed E-state index contributed by atoms with van der Waals surface area (Å²) in [5.41, 5.74) is 3.94. The number of rotatable bonds is 0. The highest BCUT2D eigenvalue weighted by atomic mass is 16.2. The minimum absolute atomic E-state index is 0.00183. The zero-order chi connectivity index (χ0) is 38.2. The van der Waals surface area contributed by atoms with Crippen molar-refractivity contribution in [3.05, 3.63) is 113 Å². The summed E-state index contributed by atoms with van der Waals surface area (Å²) in [6.45, 7) is 24.1. The molecule has 2 aromatic heterocycles. The highest BCUT2D eigenvalue weighted by Crippen LogP contribution is 2.37. The molecule has 2 heterocycles. The van der Waals surface area contributed by atoms with Crippen LogP contribution >= 0.6 is 0 Å². The molecule has 9 heteroatoms. The maximum Gasteiger partial charge on any atom is 0.325 e. The predicted molar refractivity (Wildman–Crippen MR) is 201 cm³/mol. The molecule has 0 saturated heterocycles. The summed E-state index contributed by atoms with van der Waals surface area (Å²) in [7, 11) is 0. The van der Waals surface area contributed by atoms with Gasteiger partial charge in [0, 0.05) is 71.8 Å². The molecule has 0 unspecified atom stereocenters. The SMILES string of the molecule is CC(C)(C)C1=CC2=C(CCCC2=O)CC1=O.CC(C)(C)C1=CC=CCC1=O.CC(C)(C)c1c[nH]c(=O)[nH]c1=O.CC(C)(C)c1c[nH]ccc1=O. The van der Waals surface area contributed by atoms with E-state index in [2.05, 4.69) is 35.7 Å². The zero-order valence-electron chi connectivity index (χ0n) is 32.1. The molecule has 2 aromatic rings. The molecule has 0 bridgehead atoms. The fourth-order valence-electron chi connectivity index (χ4n) is 5.62. The van der Waals surface area contributed by atoms with Crippen molar-refractivity contribution >= 4 is 17.3 Å². The molecule has 272 valence electrons. The van der Waals surface area contributed by atoms with E-state index in [1.165, 1.54) is 6.20 Å². The molecular formula is C41H57N3O6. The highest BCUT2D eigenvalue weighted by molar-refractivity contribution is 6.08. The predicted octanol–water partition coefficient (Wildman–Crippen LogP) is 7.50. The van der Waals surface area contributed by atoms with Crippen LogP contribution in [0.1, 0.15) is 126 Å². The summed E-state index contributed by atoms with van der Waals surface area (Å²) < 4.78 is 0. The second-order valence-corrected chi connectivity index (χ2v) is 17.0. The van der Waals surface area contributed by atoms with Crippen LogP contribution in [0.15, 0.2) is 85.6 Å². The minimum atomic E-state index is -0.465. The number of ketones is 3. The molecule has 9 nitrogen and oxygen atoms in total. The first-order chi connectivity index (χ1) is 22.8. The lowest BCUT2D eigenvalue weighted by Gasteiger charge is -2.28. The van der Waals surface area contributed by atoms with Gasteiger partial charge < -0.3 is 9.97 Å². The second-order valence-electron chi connectivity index (χ2n) is 17.0. The summed E-state index contributed by atoms with van der Waals surface area (Å²) in [5, 5.41) is 0. The van der Waals surface area contributed by atoms with Crippen molar-refractivity contribution < 1.29 is 14.4 Å². The highest BCUT2D eigenvalue weighted by Gasteiger charge is 2.32. The number of Topliss-reactive ketones (excluding diaryl/α,β-unsaturated/α-hetero) is 3. The Labute approximate surface area is 296 Å². The van der Waals surface area contributed by atoms with E-state index in [0.29, 0.717) is 24.8 Å². The molecule has 0 atom stereocenters. The molecule has 0 aromatic carbocycles. The van der Waals surface area contributed by atoms with E-state index in [0.717, 1.165) is 40.7 Å². The minimum Gasteiger partial charge on any atom is -0.367 e. The number of hydrogen-bond donors (Lipinski definition) is 3. The van der Waals surface area contributed by atoms with Crippen molar-refractivity contribution in [2.45, 2.75) is 126 Å². The van der Waals surface area contributed by atoms with E-state index < -0.39 is 5.69 Å². The van der Waals surface area contributed by atoms with Crippen LogP contribution in [-0.2, 0) is 25.2 Å². The van der Waals surface area contributed by atoms with E-state index in [1.54, 1.807) is 18.5 Å². The van der Waals surface area contributed by atoms with E-state index >= 15 is 0 Å². The third-order valence-corrected chi connectivity index (χ3v) is 8.40. The molecule has 0 radical (unpaired) electrons. The van der Waals surface area contributed by atoms with Crippen molar-refractivity contribution in [2.24, 2.45) is 10.8 Å². The Morgan fingerprint density at radius 3 is 1.70 bits per heavy atom. The lowest BCUT2D eigenvalue weighted by Crippen LogP contribution is -2.30. The third-order valence-electron chi connectivity index (χ3n) is 8.40. The van der Waals surface area contributed by atoms with Gasteiger partial charge in [-0.05, 0) is 40.6 Å². The van der Waals surface area contributed by atoms with Gasteiger partial charge in [0.2, 0.25) is 0 Å². The molecule has 5 rings (SSSR count). The first-order valence-electron chi connectivity index (χ1n) is 17.2. The Balaban J connectivity index is 0.000000235. The van der Waals surface area contributed by atoms with Crippen LogP contribution in [0.3, 0.4) is 0 Å². The summed E-state index contributed by atoms with van der Waals surface area (Å²) in [5.74, 6) is 0.677. The lowest BCUT2D eigenvalue weighted by atomic mass is 9.74.